The molecule has 1 aromatic carbocycles. The van der Waals surface area contributed by atoms with Gasteiger partial charge in [-0.15, -0.1) is 0 Å². The highest BCUT2D eigenvalue weighted by Crippen LogP contribution is 2.29. The summed E-state index contributed by atoms with van der Waals surface area (Å²) in [6.07, 6.45) is 1.38. The lowest BCUT2D eigenvalue weighted by Gasteiger charge is -2.31. The summed E-state index contributed by atoms with van der Waals surface area (Å²) in [6, 6.07) is 8.88. The monoisotopic (exact) mass is 234 g/mol. The number of rotatable bonds is 3. The van der Waals surface area contributed by atoms with Crippen molar-refractivity contribution in [2.75, 3.05) is 18.6 Å². The molecule has 94 valence electrons. The number of nitrogens with zero attached hydrogens (tertiary/aromatic N) is 1. The Morgan fingerprint density at radius 3 is 2.71 bits per heavy atom. The van der Waals surface area contributed by atoms with E-state index in [-0.39, 0.29) is 6.04 Å². The molecule has 17 heavy (non-hydrogen) atoms. The third kappa shape index (κ3) is 2.45. The summed E-state index contributed by atoms with van der Waals surface area (Å²) in [5.41, 5.74) is 8.46. The van der Waals surface area contributed by atoms with Crippen LogP contribution >= 0.6 is 0 Å². The van der Waals surface area contributed by atoms with Crippen LogP contribution in [-0.2, 0) is 4.74 Å². The van der Waals surface area contributed by atoms with Gasteiger partial charge in [-0.1, -0.05) is 18.2 Å². The SMILES string of the molecule is CC1OCCC1N(C)c1ccccc1[C@@H](C)N. The second-order valence-electron chi connectivity index (χ2n) is 4.89. The van der Waals surface area contributed by atoms with Gasteiger partial charge in [0.1, 0.15) is 0 Å². The Kier molecular flexibility index (Phi) is 3.69. The Bertz CT molecular complexity index is 378. The Hall–Kier alpha value is -1.06. The normalized spacial score (nSPS) is 25.9. The van der Waals surface area contributed by atoms with Gasteiger partial charge in [0.05, 0.1) is 12.1 Å². The topological polar surface area (TPSA) is 38.5 Å². The van der Waals surface area contributed by atoms with Crippen LogP contribution in [0.5, 0.6) is 0 Å². The van der Waals surface area contributed by atoms with Gasteiger partial charge in [0.25, 0.3) is 0 Å². The fourth-order valence-electron chi connectivity index (χ4n) is 2.60. The molecule has 0 saturated carbocycles. The zero-order valence-electron chi connectivity index (χ0n) is 10.9. The second-order valence-corrected chi connectivity index (χ2v) is 4.89. The molecule has 1 aromatic rings. The average Bonchev–Trinajstić information content (AvgIpc) is 2.74. The predicted molar refractivity (Wildman–Crippen MR) is 71.3 cm³/mol. The van der Waals surface area contributed by atoms with Crippen LogP contribution in [0.4, 0.5) is 5.69 Å². The maximum atomic E-state index is 6.03. The van der Waals surface area contributed by atoms with Crippen molar-refractivity contribution in [1.29, 1.82) is 0 Å². The highest BCUT2D eigenvalue weighted by Gasteiger charge is 2.29. The summed E-state index contributed by atoms with van der Waals surface area (Å²) in [4.78, 5) is 2.32. The van der Waals surface area contributed by atoms with Gasteiger partial charge in [0.2, 0.25) is 0 Å². The molecule has 0 spiro atoms. The Morgan fingerprint density at radius 1 is 1.41 bits per heavy atom. The minimum atomic E-state index is 0.0614. The highest BCUT2D eigenvalue weighted by molar-refractivity contribution is 5.55. The van der Waals surface area contributed by atoms with Crippen molar-refractivity contribution in [3.8, 4) is 0 Å². The van der Waals surface area contributed by atoms with E-state index in [0.29, 0.717) is 12.1 Å². The highest BCUT2D eigenvalue weighted by atomic mass is 16.5. The number of nitrogens with two attached hydrogens (primary N) is 1. The molecule has 0 radical (unpaired) electrons. The van der Waals surface area contributed by atoms with Gasteiger partial charge in [-0.25, -0.2) is 0 Å². The minimum absolute atomic E-state index is 0.0614. The third-order valence-corrected chi connectivity index (χ3v) is 3.64. The molecule has 1 aliphatic heterocycles. The fraction of sp³-hybridized carbons (Fsp3) is 0.571. The molecular formula is C14H22N2O. The van der Waals surface area contributed by atoms with E-state index in [0.717, 1.165) is 13.0 Å². The van der Waals surface area contributed by atoms with Crippen LogP contribution in [0.25, 0.3) is 0 Å². The Labute approximate surface area is 104 Å². The fourth-order valence-corrected chi connectivity index (χ4v) is 2.60. The predicted octanol–water partition coefficient (Wildman–Crippen LogP) is 2.32. The van der Waals surface area contributed by atoms with Gasteiger partial charge in [-0.3, -0.25) is 0 Å². The van der Waals surface area contributed by atoms with Gasteiger partial charge in [0.15, 0.2) is 0 Å². The molecule has 1 saturated heterocycles. The summed E-state index contributed by atoms with van der Waals surface area (Å²) in [7, 11) is 2.14. The van der Waals surface area contributed by atoms with E-state index in [2.05, 4.69) is 37.1 Å². The van der Waals surface area contributed by atoms with Gasteiger partial charge < -0.3 is 15.4 Å². The van der Waals surface area contributed by atoms with Gasteiger partial charge in [0, 0.05) is 25.4 Å². The number of anilines is 1. The quantitative estimate of drug-likeness (QED) is 0.872. The lowest BCUT2D eigenvalue weighted by Crippen LogP contribution is -2.37. The standard InChI is InChI=1S/C14H22N2O/c1-10(15)12-6-4-5-7-14(12)16(3)13-8-9-17-11(13)2/h4-7,10-11,13H,8-9,15H2,1-3H3/t10-,11?,13?/m1/s1. The van der Waals surface area contributed by atoms with Crippen molar-refractivity contribution >= 4 is 5.69 Å². The van der Waals surface area contributed by atoms with Crippen molar-refractivity contribution in [2.24, 2.45) is 5.73 Å². The van der Waals surface area contributed by atoms with Gasteiger partial charge >= 0.3 is 0 Å². The lowest BCUT2D eigenvalue weighted by molar-refractivity contribution is 0.118. The largest absolute Gasteiger partial charge is 0.376 e. The Morgan fingerprint density at radius 2 is 2.12 bits per heavy atom. The molecule has 0 bridgehead atoms. The van der Waals surface area contributed by atoms with E-state index in [1.165, 1.54) is 11.3 Å². The van der Waals surface area contributed by atoms with Crippen LogP contribution in [-0.4, -0.2) is 25.8 Å². The molecule has 0 aromatic heterocycles. The maximum Gasteiger partial charge on any atom is 0.0750 e. The van der Waals surface area contributed by atoms with Gasteiger partial charge in [-0.2, -0.15) is 0 Å². The van der Waals surface area contributed by atoms with Crippen molar-refractivity contribution in [3.63, 3.8) is 0 Å². The van der Waals surface area contributed by atoms with Crippen LogP contribution in [0.2, 0.25) is 0 Å². The molecule has 1 fully saturated rings. The summed E-state index contributed by atoms with van der Waals surface area (Å²) in [5.74, 6) is 0. The number of ether oxygens (including phenoxy) is 1. The first kappa shape index (κ1) is 12.4. The van der Waals surface area contributed by atoms with E-state index in [1.807, 2.05) is 13.0 Å². The van der Waals surface area contributed by atoms with Crippen LogP contribution in [0.3, 0.4) is 0 Å². The number of hydrogen-bond acceptors (Lipinski definition) is 3. The lowest BCUT2D eigenvalue weighted by atomic mass is 10.0. The van der Waals surface area contributed by atoms with E-state index in [9.17, 15) is 0 Å². The zero-order chi connectivity index (χ0) is 12.4. The van der Waals surface area contributed by atoms with E-state index in [1.54, 1.807) is 0 Å². The number of para-hydroxylation sites is 1. The van der Waals surface area contributed by atoms with Crippen molar-refractivity contribution < 1.29 is 4.74 Å². The average molecular weight is 234 g/mol. The maximum absolute atomic E-state index is 6.03. The summed E-state index contributed by atoms with van der Waals surface area (Å²) in [5, 5.41) is 0. The number of likely N-dealkylation sites (N-methyl/N-ethyl adjacent to an activating group) is 1. The summed E-state index contributed by atoms with van der Waals surface area (Å²) >= 11 is 0. The third-order valence-electron chi connectivity index (χ3n) is 3.64. The first-order valence-electron chi connectivity index (χ1n) is 6.30. The smallest absolute Gasteiger partial charge is 0.0750 e. The van der Waals surface area contributed by atoms with Crippen molar-refractivity contribution in [2.45, 2.75) is 38.5 Å². The molecule has 0 aliphatic carbocycles. The van der Waals surface area contributed by atoms with Crippen LogP contribution in [0.15, 0.2) is 24.3 Å². The molecule has 2 rings (SSSR count). The van der Waals surface area contributed by atoms with Crippen molar-refractivity contribution in [3.05, 3.63) is 29.8 Å². The molecule has 3 nitrogen and oxygen atoms in total. The molecule has 2 N–H and O–H groups in total. The molecule has 3 heteroatoms. The first-order valence-corrected chi connectivity index (χ1v) is 6.30. The van der Waals surface area contributed by atoms with Gasteiger partial charge in [-0.05, 0) is 31.9 Å². The minimum Gasteiger partial charge on any atom is -0.376 e. The zero-order valence-corrected chi connectivity index (χ0v) is 10.9. The molecule has 2 unspecified atom stereocenters. The van der Waals surface area contributed by atoms with Crippen LogP contribution in [0, 0.1) is 0 Å². The van der Waals surface area contributed by atoms with Crippen LogP contribution in [0.1, 0.15) is 31.9 Å². The van der Waals surface area contributed by atoms with E-state index >= 15 is 0 Å². The molecule has 0 amide bonds. The van der Waals surface area contributed by atoms with Crippen molar-refractivity contribution in [1.82, 2.24) is 0 Å². The summed E-state index contributed by atoms with van der Waals surface area (Å²) in [6.45, 7) is 5.03. The second kappa shape index (κ2) is 5.07. The van der Waals surface area contributed by atoms with E-state index < -0.39 is 0 Å². The molecular weight excluding hydrogens is 212 g/mol. The summed E-state index contributed by atoms with van der Waals surface area (Å²) < 4.78 is 5.64. The molecule has 1 heterocycles. The number of hydrogen-bond donors (Lipinski definition) is 1. The molecule has 1 aliphatic rings. The molecule has 3 atom stereocenters. The van der Waals surface area contributed by atoms with E-state index in [4.69, 9.17) is 10.5 Å². The number of benzene rings is 1. The Balaban J connectivity index is 2.27. The first-order chi connectivity index (χ1) is 8.11. The van der Waals surface area contributed by atoms with Crippen LogP contribution < -0.4 is 10.6 Å².